The van der Waals surface area contributed by atoms with Gasteiger partial charge in [0.05, 0.1) is 4.75 Å². The number of rotatable bonds is 6. The molecule has 0 radical (unpaired) electrons. The Hall–Kier alpha value is -0.690. The molecule has 0 amide bonds. The van der Waals surface area contributed by atoms with Crippen LogP contribution in [0.15, 0.2) is 10.4 Å². The molecule has 0 aliphatic heterocycles. The Kier molecular flexibility index (Phi) is 3.21. The highest BCUT2D eigenvalue weighted by Gasteiger charge is 2.50. The van der Waals surface area contributed by atoms with Gasteiger partial charge in [0.25, 0.3) is 0 Å². The maximum atomic E-state index is 10.8. The van der Waals surface area contributed by atoms with Crippen LogP contribution in [-0.2, 0) is 11.1 Å². The number of nitrogens with zero attached hydrogens (tertiary/aromatic N) is 2. The van der Waals surface area contributed by atoms with E-state index >= 15 is 0 Å². The number of nitroso groups, excluding NO2 is 2. The third-order valence-corrected chi connectivity index (χ3v) is 3.54. The Bertz CT molecular complexity index is 241. The first-order valence-corrected chi connectivity index (χ1v) is 4.98. The fourth-order valence-corrected chi connectivity index (χ4v) is 2.03. The van der Waals surface area contributed by atoms with Crippen LogP contribution in [0.2, 0.25) is 0 Å². The third kappa shape index (κ3) is 2.38. The van der Waals surface area contributed by atoms with E-state index in [-0.39, 0.29) is 13.0 Å². The molecule has 0 aromatic heterocycles. The minimum absolute atomic E-state index is 0.186. The van der Waals surface area contributed by atoms with Gasteiger partial charge >= 0.3 is 0 Å². The standard InChI is InChI=1S/C6H10N2O4S/c9-7-4-5(8-10)3-6(1-2-6)13(11)12/h5H,1-4H2,(H,11,12)/t5-/m1/s1. The fraction of sp³-hybridized carbons (Fsp3) is 1.00. The maximum absolute atomic E-state index is 10.8. The Balaban J connectivity index is 2.50. The van der Waals surface area contributed by atoms with Gasteiger partial charge in [-0.3, -0.25) is 0 Å². The van der Waals surface area contributed by atoms with Crippen molar-refractivity contribution >= 4 is 11.1 Å². The third-order valence-electron chi connectivity index (χ3n) is 2.22. The molecule has 1 saturated carbocycles. The molecular weight excluding hydrogens is 196 g/mol. The average Bonchev–Trinajstić information content (AvgIpc) is 2.85. The summed E-state index contributed by atoms with van der Waals surface area (Å²) in [6.07, 6.45) is 1.41. The van der Waals surface area contributed by atoms with Gasteiger partial charge in [0.2, 0.25) is 0 Å². The minimum Gasteiger partial charge on any atom is -0.306 e. The van der Waals surface area contributed by atoms with Crippen LogP contribution in [0, 0.1) is 9.81 Å². The molecule has 0 aromatic carbocycles. The molecule has 0 aromatic rings. The van der Waals surface area contributed by atoms with Gasteiger partial charge < -0.3 is 4.55 Å². The molecule has 7 heteroatoms. The summed E-state index contributed by atoms with van der Waals surface area (Å²) in [5, 5.41) is 5.25. The Morgan fingerprint density at radius 3 is 2.38 bits per heavy atom. The molecule has 13 heavy (non-hydrogen) atoms. The molecule has 1 fully saturated rings. The van der Waals surface area contributed by atoms with Crippen molar-refractivity contribution in [3.05, 3.63) is 9.81 Å². The highest BCUT2D eigenvalue weighted by Crippen LogP contribution is 2.45. The quantitative estimate of drug-likeness (QED) is 0.518. The molecule has 2 atom stereocenters. The summed E-state index contributed by atoms with van der Waals surface area (Å²) < 4.78 is 19.0. The molecule has 0 spiro atoms. The Morgan fingerprint density at radius 1 is 1.46 bits per heavy atom. The molecule has 1 unspecified atom stereocenters. The molecule has 0 heterocycles. The Morgan fingerprint density at radius 2 is 2.08 bits per heavy atom. The normalized spacial score (nSPS) is 23.2. The van der Waals surface area contributed by atoms with Crippen molar-refractivity contribution in [1.29, 1.82) is 0 Å². The monoisotopic (exact) mass is 206 g/mol. The highest BCUT2D eigenvalue weighted by molar-refractivity contribution is 7.81. The molecule has 1 aliphatic carbocycles. The second kappa shape index (κ2) is 4.01. The zero-order valence-corrected chi connectivity index (χ0v) is 7.70. The molecule has 1 aliphatic rings. The molecule has 1 N–H and O–H groups in total. The lowest BCUT2D eigenvalue weighted by Gasteiger charge is -2.11. The van der Waals surface area contributed by atoms with E-state index in [1.807, 2.05) is 0 Å². The van der Waals surface area contributed by atoms with Crippen molar-refractivity contribution in [2.75, 3.05) is 6.54 Å². The topological polar surface area (TPSA) is 96.2 Å². The molecule has 1 rings (SSSR count). The van der Waals surface area contributed by atoms with E-state index < -0.39 is 21.9 Å². The van der Waals surface area contributed by atoms with Gasteiger partial charge in [-0.1, -0.05) is 10.4 Å². The summed E-state index contributed by atoms with van der Waals surface area (Å²) in [5.41, 5.74) is 0. The van der Waals surface area contributed by atoms with Crippen molar-refractivity contribution in [3.8, 4) is 0 Å². The van der Waals surface area contributed by atoms with Gasteiger partial charge in [-0.25, -0.2) is 4.21 Å². The van der Waals surface area contributed by atoms with Crippen molar-refractivity contribution in [2.45, 2.75) is 30.1 Å². The molecule has 0 bridgehead atoms. The zero-order chi connectivity index (χ0) is 9.90. The summed E-state index contributed by atoms with van der Waals surface area (Å²) in [6.45, 7) is -0.206. The lowest BCUT2D eigenvalue weighted by atomic mass is 10.1. The second-order valence-corrected chi connectivity index (χ2v) is 4.57. The van der Waals surface area contributed by atoms with Crippen LogP contribution in [0.4, 0.5) is 0 Å². The van der Waals surface area contributed by atoms with E-state index in [0.717, 1.165) is 0 Å². The molecule has 6 nitrogen and oxygen atoms in total. The average molecular weight is 206 g/mol. The van der Waals surface area contributed by atoms with Gasteiger partial charge in [-0.15, -0.1) is 0 Å². The summed E-state index contributed by atoms with van der Waals surface area (Å²) in [5.74, 6) is 0. The minimum atomic E-state index is -1.93. The first-order valence-electron chi connectivity index (χ1n) is 3.87. The van der Waals surface area contributed by atoms with E-state index in [1.165, 1.54) is 0 Å². The van der Waals surface area contributed by atoms with Crippen LogP contribution in [0.5, 0.6) is 0 Å². The van der Waals surface area contributed by atoms with E-state index in [0.29, 0.717) is 12.8 Å². The molecular formula is C6H10N2O4S. The SMILES string of the molecule is O=NC[C@@H](CC1(S(=O)O)CC1)N=O. The largest absolute Gasteiger partial charge is 0.306 e. The highest BCUT2D eigenvalue weighted by atomic mass is 32.2. The number of hydrogen-bond acceptors (Lipinski definition) is 5. The van der Waals surface area contributed by atoms with E-state index in [9.17, 15) is 14.0 Å². The van der Waals surface area contributed by atoms with Crippen LogP contribution in [-0.4, -0.2) is 26.1 Å². The van der Waals surface area contributed by atoms with Crippen LogP contribution < -0.4 is 0 Å². The van der Waals surface area contributed by atoms with Crippen LogP contribution >= 0.6 is 0 Å². The predicted octanol–water partition coefficient (Wildman–Crippen LogP) is 1.03. The zero-order valence-electron chi connectivity index (χ0n) is 6.88. The van der Waals surface area contributed by atoms with Crippen LogP contribution in [0.1, 0.15) is 19.3 Å². The van der Waals surface area contributed by atoms with Crippen LogP contribution in [0.25, 0.3) is 0 Å². The summed E-state index contributed by atoms with van der Waals surface area (Å²) in [4.78, 5) is 20.1. The first kappa shape index (κ1) is 10.4. The van der Waals surface area contributed by atoms with Crippen molar-refractivity contribution in [3.63, 3.8) is 0 Å². The molecule has 0 saturated heterocycles. The first-order chi connectivity index (χ1) is 6.14. The summed E-state index contributed by atoms with van der Waals surface area (Å²) in [6, 6.07) is -0.754. The molecule has 74 valence electrons. The van der Waals surface area contributed by atoms with Crippen LogP contribution in [0.3, 0.4) is 0 Å². The van der Waals surface area contributed by atoms with Gasteiger partial charge in [-0.05, 0) is 19.3 Å². The smallest absolute Gasteiger partial charge is 0.159 e. The van der Waals surface area contributed by atoms with Gasteiger partial charge in [0, 0.05) is 0 Å². The van der Waals surface area contributed by atoms with Gasteiger partial charge in [0.1, 0.15) is 12.6 Å². The van der Waals surface area contributed by atoms with Crippen molar-refractivity contribution in [1.82, 2.24) is 0 Å². The summed E-state index contributed by atoms with van der Waals surface area (Å²) in [7, 11) is 0. The lowest BCUT2D eigenvalue weighted by Crippen LogP contribution is -2.24. The second-order valence-electron chi connectivity index (χ2n) is 3.21. The summed E-state index contributed by atoms with van der Waals surface area (Å²) >= 11 is -1.93. The number of hydrogen-bond donors (Lipinski definition) is 1. The fourth-order valence-electron chi connectivity index (χ4n) is 1.24. The van der Waals surface area contributed by atoms with E-state index in [2.05, 4.69) is 10.4 Å². The maximum Gasteiger partial charge on any atom is 0.159 e. The predicted molar refractivity (Wildman–Crippen MR) is 47.6 cm³/mol. The van der Waals surface area contributed by atoms with Crippen molar-refractivity contribution in [2.24, 2.45) is 10.4 Å². The lowest BCUT2D eigenvalue weighted by molar-refractivity contribution is 0.514. The van der Waals surface area contributed by atoms with Gasteiger partial charge in [-0.2, -0.15) is 9.81 Å². The van der Waals surface area contributed by atoms with E-state index in [1.54, 1.807) is 0 Å². The van der Waals surface area contributed by atoms with Crippen molar-refractivity contribution < 1.29 is 8.76 Å². The van der Waals surface area contributed by atoms with Gasteiger partial charge in [0.15, 0.2) is 11.1 Å². The van der Waals surface area contributed by atoms with E-state index in [4.69, 9.17) is 4.55 Å². The Labute approximate surface area is 77.3 Å².